The Morgan fingerprint density at radius 2 is 1.74 bits per heavy atom. The Kier molecular flexibility index (Phi) is 4.82. The van der Waals surface area contributed by atoms with Crippen LogP contribution in [0.2, 0.25) is 0 Å². The quantitative estimate of drug-likeness (QED) is 0.436. The third kappa shape index (κ3) is 3.36. The van der Waals surface area contributed by atoms with Crippen molar-refractivity contribution in [1.29, 1.82) is 0 Å². The van der Waals surface area contributed by atoms with E-state index in [-0.39, 0.29) is 40.3 Å². The van der Waals surface area contributed by atoms with Crippen molar-refractivity contribution in [3.05, 3.63) is 82.5 Å². The van der Waals surface area contributed by atoms with Gasteiger partial charge in [-0.15, -0.1) is 0 Å². The molecule has 1 aliphatic rings. The van der Waals surface area contributed by atoms with Gasteiger partial charge in [0.05, 0.1) is 29.6 Å². The fraction of sp³-hybridized carbons (Fsp3) is 0.143. The fourth-order valence-electron chi connectivity index (χ4n) is 3.76. The molecule has 0 N–H and O–H groups in total. The third-order valence-corrected chi connectivity index (χ3v) is 7.27. The van der Waals surface area contributed by atoms with Crippen molar-refractivity contribution < 1.29 is 26.4 Å². The van der Waals surface area contributed by atoms with Crippen LogP contribution in [-0.4, -0.2) is 44.5 Å². The molecular formula is C21H14F3N5O4S. The molecule has 2 aromatic carbocycles. The Balaban J connectivity index is 1.45. The summed E-state index contributed by atoms with van der Waals surface area (Å²) >= 11 is 0. The Hall–Kier alpha value is -4.00. The SMILES string of the molecule is O=C1c2ccccc2S(=O)(=O)N1CCn1cnc2c(cnn2-c2cccc(C(F)(F)F)c2)c1=O. The molecule has 1 amide bonds. The molecule has 4 aromatic rings. The zero-order chi connectivity index (χ0) is 24.3. The molecule has 0 saturated heterocycles. The standard InChI is InChI=1S/C21H14F3N5O4S/c22-21(23,24)13-4-3-5-14(10-13)29-18-16(11-26-29)19(30)27(12-25-18)8-9-28-20(31)15-6-1-2-7-17(15)34(28,32)33/h1-7,10-12H,8-9H2. The number of rotatable bonds is 4. The van der Waals surface area contributed by atoms with Crippen LogP contribution < -0.4 is 5.56 Å². The van der Waals surface area contributed by atoms with Crippen LogP contribution in [0.15, 0.2) is 70.7 Å². The fourth-order valence-corrected chi connectivity index (χ4v) is 5.32. The number of carbonyl (C=O) groups is 1. The highest BCUT2D eigenvalue weighted by Gasteiger charge is 2.40. The first-order valence-electron chi connectivity index (χ1n) is 9.86. The van der Waals surface area contributed by atoms with E-state index in [9.17, 15) is 31.2 Å². The van der Waals surface area contributed by atoms with E-state index < -0.39 is 33.2 Å². The molecule has 2 aromatic heterocycles. The first-order valence-corrected chi connectivity index (χ1v) is 11.3. The summed E-state index contributed by atoms with van der Waals surface area (Å²) in [6, 6.07) is 10.2. The molecule has 0 unspecified atom stereocenters. The van der Waals surface area contributed by atoms with Crippen LogP contribution >= 0.6 is 0 Å². The lowest BCUT2D eigenvalue weighted by molar-refractivity contribution is -0.137. The molecule has 1 aliphatic heterocycles. The molecule has 0 aliphatic carbocycles. The highest BCUT2D eigenvalue weighted by atomic mass is 32.2. The highest BCUT2D eigenvalue weighted by molar-refractivity contribution is 7.90. The number of aromatic nitrogens is 4. The van der Waals surface area contributed by atoms with Crippen LogP contribution in [0.1, 0.15) is 15.9 Å². The summed E-state index contributed by atoms with van der Waals surface area (Å²) in [7, 11) is -4.03. The highest BCUT2D eigenvalue weighted by Crippen LogP contribution is 2.31. The van der Waals surface area contributed by atoms with Crippen molar-refractivity contribution in [2.45, 2.75) is 17.6 Å². The van der Waals surface area contributed by atoms with E-state index in [1.165, 1.54) is 36.5 Å². The van der Waals surface area contributed by atoms with E-state index in [1.54, 1.807) is 6.07 Å². The summed E-state index contributed by atoms with van der Waals surface area (Å²) in [5.74, 6) is -0.685. The first kappa shape index (κ1) is 21.8. The molecule has 0 fully saturated rings. The molecule has 0 radical (unpaired) electrons. The Labute approximate surface area is 189 Å². The molecule has 0 bridgehead atoms. The van der Waals surface area contributed by atoms with Gasteiger partial charge in [0.2, 0.25) is 0 Å². The van der Waals surface area contributed by atoms with Crippen LogP contribution in [0.5, 0.6) is 0 Å². The van der Waals surface area contributed by atoms with E-state index in [1.807, 2.05) is 0 Å². The molecule has 5 rings (SSSR count). The van der Waals surface area contributed by atoms with Gasteiger partial charge in [0.15, 0.2) is 5.65 Å². The predicted octanol–water partition coefficient (Wildman–Crippen LogP) is 2.45. The molecule has 0 atom stereocenters. The largest absolute Gasteiger partial charge is 0.416 e. The van der Waals surface area contributed by atoms with Gasteiger partial charge in [0.25, 0.3) is 21.5 Å². The van der Waals surface area contributed by atoms with E-state index >= 15 is 0 Å². The minimum atomic E-state index is -4.55. The second-order valence-corrected chi connectivity index (χ2v) is 9.29. The van der Waals surface area contributed by atoms with Crippen molar-refractivity contribution in [2.24, 2.45) is 0 Å². The number of carbonyl (C=O) groups excluding carboxylic acids is 1. The molecule has 9 nitrogen and oxygen atoms in total. The summed E-state index contributed by atoms with van der Waals surface area (Å²) in [6.07, 6.45) is -2.24. The summed E-state index contributed by atoms with van der Waals surface area (Å²) < 4.78 is 67.4. The Bertz CT molecular complexity index is 1630. The molecule has 0 spiro atoms. The average molecular weight is 489 g/mol. The van der Waals surface area contributed by atoms with Gasteiger partial charge < -0.3 is 0 Å². The maximum Gasteiger partial charge on any atom is 0.416 e. The molecule has 13 heteroatoms. The molecule has 174 valence electrons. The van der Waals surface area contributed by atoms with Gasteiger partial charge in [-0.1, -0.05) is 18.2 Å². The van der Waals surface area contributed by atoms with E-state index in [2.05, 4.69) is 10.1 Å². The number of nitrogens with zero attached hydrogens (tertiary/aromatic N) is 5. The van der Waals surface area contributed by atoms with Gasteiger partial charge in [-0.2, -0.15) is 18.3 Å². The third-order valence-electron chi connectivity index (χ3n) is 5.43. The lowest BCUT2D eigenvalue weighted by Crippen LogP contribution is -2.35. The molecular weight excluding hydrogens is 475 g/mol. The summed E-state index contributed by atoms with van der Waals surface area (Å²) in [6.45, 7) is -0.472. The normalized spacial score (nSPS) is 15.1. The monoisotopic (exact) mass is 489 g/mol. The average Bonchev–Trinajstić information content (AvgIpc) is 3.32. The number of halogens is 3. The summed E-state index contributed by atoms with van der Waals surface area (Å²) in [4.78, 5) is 29.5. The lowest BCUT2D eigenvalue weighted by Gasteiger charge is -2.15. The smallest absolute Gasteiger partial charge is 0.297 e. The van der Waals surface area contributed by atoms with Crippen molar-refractivity contribution in [3.8, 4) is 5.69 Å². The number of hydrogen-bond acceptors (Lipinski definition) is 6. The van der Waals surface area contributed by atoms with Crippen LogP contribution in [0.25, 0.3) is 16.7 Å². The minimum Gasteiger partial charge on any atom is -0.297 e. The lowest BCUT2D eigenvalue weighted by atomic mass is 10.2. The Morgan fingerprint density at radius 3 is 2.47 bits per heavy atom. The zero-order valence-corrected chi connectivity index (χ0v) is 17.9. The van der Waals surface area contributed by atoms with Crippen LogP contribution in [-0.2, 0) is 22.7 Å². The second kappa shape index (κ2) is 7.52. The number of fused-ring (bicyclic) bond motifs is 2. The van der Waals surface area contributed by atoms with Gasteiger partial charge in [-0.05, 0) is 30.3 Å². The van der Waals surface area contributed by atoms with Gasteiger partial charge >= 0.3 is 6.18 Å². The molecule has 3 heterocycles. The van der Waals surface area contributed by atoms with Gasteiger partial charge in [-0.3, -0.25) is 14.2 Å². The van der Waals surface area contributed by atoms with Crippen LogP contribution in [0.4, 0.5) is 13.2 Å². The van der Waals surface area contributed by atoms with Crippen LogP contribution in [0, 0.1) is 0 Å². The zero-order valence-electron chi connectivity index (χ0n) is 17.1. The van der Waals surface area contributed by atoms with Crippen molar-refractivity contribution in [3.63, 3.8) is 0 Å². The number of alkyl halides is 3. The van der Waals surface area contributed by atoms with Crippen molar-refractivity contribution in [2.75, 3.05) is 6.54 Å². The molecule has 0 saturated carbocycles. The summed E-state index contributed by atoms with van der Waals surface area (Å²) in [5.41, 5.74) is -1.28. The van der Waals surface area contributed by atoms with Gasteiger partial charge in [0, 0.05) is 6.54 Å². The second-order valence-electron chi connectivity index (χ2n) is 7.46. The van der Waals surface area contributed by atoms with Crippen molar-refractivity contribution in [1.82, 2.24) is 23.6 Å². The number of sulfonamides is 1. The van der Waals surface area contributed by atoms with E-state index in [4.69, 9.17) is 0 Å². The number of amides is 1. The van der Waals surface area contributed by atoms with Gasteiger partial charge in [0.1, 0.15) is 16.6 Å². The Morgan fingerprint density at radius 1 is 0.971 bits per heavy atom. The minimum absolute atomic E-state index is 0.0267. The maximum atomic E-state index is 13.1. The van der Waals surface area contributed by atoms with Gasteiger partial charge in [-0.25, -0.2) is 22.4 Å². The van der Waals surface area contributed by atoms with E-state index in [0.717, 1.165) is 27.7 Å². The van der Waals surface area contributed by atoms with E-state index in [0.29, 0.717) is 4.31 Å². The summed E-state index contributed by atoms with van der Waals surface area (Å²) in [5, 5.41) is 4.03. The van der Waals surface area contributed by atoms with Crippen LogP contribution in [0.3, 0.4) is 0 Å². The predicted molar refractivity (Wildman–Crippen MR) is 113 cm³/mol. The number of benzene rings is 2. The maximum absolute atomic E-state index is 13.1. The number of hydrogen-bond donors (Lipinski definition) is 0. The molecule has 34 heavy (non-hydrogen) atoms. The van der Waals surface area contributed by atoms with Crippen molar-refractivity contribution >= 4 is 27.0 Å². The first-order chi connectivity index (χ1) is 16.1. The topological polar surface area (TPSA) is 107 Å².